The van der Waals surface area contributed by atoms with E-state index in [4.69, 9.17) is 10.5 Å². The highest BCUT2D eigenvalue weighted by Gasteiger charge is 2.04. The Kier molecular flexibility index (Phi) is 5.80. The Bertz CT molecular complexity index is 510. The van der Waals surface area contributed by atoms with Crippen LogP contribution in [0, 0.1) is 0 Å². The third kappa shape index (κ3) is 4.49. The number of hydrogen-bond acceptors (Lipinski definition) is 5. The van der Waals surface area contributed by atoms with Crippen LogP contribution in [0.25, 0.3) is 10.6 Å². The smallest absolute Gasteiger partial charge is 0.203 e. The zero-order valence-corrected chi connectivity index (χ0v) is 12.7. The van der Waals surface area contributed by atoms with Gasteiger partial charge in [0.15, 0.2) is 0 Å². The molecule has 2 aromatic rings. The molecule has 0 unspecified atom stereocenters. The predicted octanol–water partition coefficient (Wildman–Crippen LogP) is 4.14. The molecular formula is C15H21N3OS. The van der Waals surface area contributed by atoms with Crippen LogP contribution in [0.1, 0.15) is 39.0 Å². The zero-order valence-electron chi connectivity index (χ0n) is 11.8. The molecule has 0 spiro atoms. The summed E-state index contributed by atoms with van der Waals surface area (Å²) in [5, 5.41) is 9.17. The molecule has 0 saturated carbocycles. The van der Waals surface area contributed by atoms with E-state index in [1.807, 2.05) is 24.3 Å². The summed E-state index contributed by atoms with van der Waals surface area (Å²) in [7, 11) is 0. The molecule has 108 valence electrons. The van der Waals surface area contributed by atoms with Crippen LogP contribution >= 0.6 is 11.3 Å². The Hall–Kier alpha value is -1.62. The summed E-state index contributed by atoms with van der Waals surface area (Å²) < 4.78 is 5.72. The molecule has 0 fully saturated rings. The molecule has 1 aromatic heterocycles. The lowest BCUT2D eigenvalue weighted by Gasteiger charge is -2.06. The molecule has 0 bridgehead atoms. The van der Waals surface area contributed by atoms with E-state index >= 15 is 0 Å². The van der Waals surface area contributed by atoms with Crippen LogP contribution in [-0.4, -0.2) is 16.8 Å². The normalized spacial score (nSPS) is 10.7. The van der Waals surface area contributed by atoms with Crippen molar-refractivity contribution in [2.75, 3.05) is 12.3 Å². The SMILES string of the molecule is CCCCCCCOc1ccc(-c2nnc(N)s2)cc1. The summed E-state index contributed by atoms with van der Waals surface area (Å²) in [6.45, 7) is 3.01. The van der Waals surface area contributed by atoms with Crippen molar-refractivity contribution < 1.29 is 4.74 Å². The molecule has 0 amide bonds. The Labute approximate surface area is 124 Å². The van der Waals surface area contributed by atoms with Crippen molar-refractivity contribution in [1.29, 1.82) is 0 Å². The third-order valence-electron chi connectivity index (χ3n) is 3.06. The first-order valence-electron chi connectivity index (χ1n) is 7.12. The van der Waals surface area contributed by atoms with Gasteiger partial charge in [0.1, 0.15) is 10.8 Å². The first-order valence-corrected chi connectivity index (χ1v) is 7.93. The fourth-order valence-electron chi connectivity index (χ4n) is 1.94. The van der Waals surface area contributed by atoms with Gasteiger partial charge in [0, 0.05) is 5.56 Å². The highest BCUT2D eigenvalue weighted by atomic mass is 32.1. The maximum absolute atomic E-state index is 5.72. The predicted molar refractivity (Wildman–Crippen MR) is 84.0 cm³/mol. The van der Waals surface area contributed by atoms with Gasteiger partial charge >= 0.3 is 0 Å². The van der Waals surface area contributed by atoms with Gasteiger partial charge < -0.3 is 10.5 Å². The van der Waals surface area contributed by atoms with Crippen LogP contribution < -0.4 is 10.5 Å². The average molecular weight is 291 g/mol. The van der Waals surface area contributed by atoms with Gasteiger partial charge in [-0.15, -0.1) is 10.2 Å². The van der Waals surface area contributed by atoms with Crippen molar-refractivity contribution in [1.82, 2.24) is 10.2 Å². The van der Waals surface area contributed by atoms with Gasteiger partial charge in [-0.2, -0.15) is 0 Å². The summed E-state index contributed by atoms with van der Waals surface area (Å²) >= 11 is 1.39. The van der Waals surface area contributed by atoms with E-state index in [0.29, 0.717) is 5.13 Å². The van der Waals surface area contributed by atoms with E-state index in [2.05, 4.69) is 17.1 Å². The van der Waals surface area contributed by atoms with Crippen molar-refractivity contribution in [3.8, 4) is 16.3 Å². The molecule has 4 nitrogen and oxygen atoms in total. The van der Waals surface area contributed by atoms with Crippen LogP contribution in [0.15, 0.2) is 24.3 Å². The molecule has 0 aliphatic rings. The van der Waals surface area contributed by atoms with Crippen LogP contribution in [0.3, 0.4) is 0 Å². The number of anilines is 1. The number of rotatable bonds is 8. The minimum atomic E-state index is 0.493. The van der Waals surface area contributed by atoms with E-state index in [9.17, 15) is 0 Å². The van der Waals surface area contributed by atoms with Crippen molar-refractivity contribution in [2.24, 2.45) is 0 Å². The molecule has 0 aliphatic carbocycles. The summed E-state index contributed by atoms with van der Waals surface area (Å²) in [5.74, 6) is 0.904. The van der Waals surface area contributed by atoms with E-state index in [0.717, 1.165) is 29.3 Å². The standard InChI is InChI=1S/C15H21N3OS/c1-2-3-4-5-6-11-19-13-9-7-12(8-10-13)14-17-18-15(16)20-14/h7-10H,2-6,11H2,1H3,(H2,16,18). The molecule has 2 N–H and O–H groups in total. The first kappa shape index (κ1) is 14.8. The first-order chi connectivity index (χ1) is 9.79. The van der Waals surface area contributed by atoms with Crippen molar-refractivity contribution in [2.45, 2.75) is 39.0 Å². The lowest BCUT2D eigenvalue weighted by Crippen LogP contribution is -1.97. The molecule has 0 atom stereocenters. The highest BCUT2D eigenvalue weighted by molar-refractivity contribution is 7.18. The lowest BCUT2D eigenvalue weighted by molar-refractivity contribution is 0.304. The van der Waals surface area contributed by atoms with Crippen molar-refractivity contribution in [3.63, 3.8) is 0 Å². The number of nitrogen functional groups attached to an aromatic ring is 1. The molecule has 20 heavy (non-hydrogen) atoms. The van der Waals surface area contributed by atoms with Crippen LogP contribution in [0.4, 0.5) is 5.13 Å². The number of hydrogen-bond donors (Lipinski definition) is 1. The monoisotopic (exact) mass is 291 g/mol. The molecule has 1 heterocycles. The Morgan fingerprint density at radius 2 is 1.80 bits per heavy atom. The molecule has 0 saturated heterocycles. The van der Waals surface area contributed by atoms with Gasteiger partial charge in [-0.25, -0.2) is 0 Å². The highest BCUT2D eigenvalue weighted by Crippen LogP contribution is 2.26. The van der Waals surface area contributed by atoms with Gasteiger partial charge in [0.05, 0.1) is 6.61 Å². The van der Waals surface area contributed by atoms with Crippen LogP contribution in [0.5, 0.6) is 5.75 Å². The van der Waals surface area contributed by atoms with E-state index < -0.39 is 0 Å². The lowest BCUT2D eigenvalue weighted by atomic mass is 10.2. The molecule has 0 aliphatic heterocycles. The van der Waals surface area contributed by atoms with Crippen molar-refractivity contribution in [3.05, 3.63) is 24.3 Å². The Morgan fingerprint density at radius 3 is 2.45 bits per heavy atom. The van der Waals surface area contributed by atoms with E-state index in [-0.39, 0.29) is 0 Å². The van der Waals surface area contributed by atoms with Crippen LogP contribution in [0.2, 0.25) is 0 Å². The largest absolute Gasteiger partial charge is 0.494 e. The van der Waals surface area contributed by atoms with Gasteiger partial charge in [-0.1, -0.05) is 43.9 Å². The summed E-state index contributed by atoms with van der Waals surface area (Å²) in [4.78, 5) is 0. The number of ether oxygens (including phenoxy) is 1. The topological polar surface area (TPSA) is 61.0 Å². The summed E-state index contributed by atoms with van der Waals surface area (Å²) in [6.07, 6.45) is 6.26. The second-order valence-corrected chi connectivity index (χ2v) is 5.74. The summed E-state index contributed by atoms with van der Waals surface area (Å²) in [6, 6.07) is 7.93. The third-order valence-corrected chi connectivity index (χ3v) is 3.86. The van der Waals surface area contributed by atoms with E-state index in [1.54, 1.807) is 0 Å². The maximum atomic E-state index is 5.72. The van der Waals surface area contributed by atoms with Crippen molar-refractivity contribution >= 4 is 16.5 Å². The van der Waals surface area contributed by atoms with Gasteiger partial charge in [0.25, 0.3) is 0 Å². The summed E-state index contributed by atoms with van der Waals surface area (Å²) in [5.41, 5.74) is 6.60. The second kappa shape index (κ2) is 7.85. The molecular weight excluding hydrogens is 270 g/mol. The van der Waals surface area contributed by atoms with E-state index in [1.165, 1.54) is 37.0 Å². The molecule has 5 heteroatoms. The minimum Gasteiger partial charge on any atom is -0.494 e. The van der Waals surface area contributed by atoms with Gasteiger partial charge in [0.2, 0.25) is 5.13 Å². The molecule has 1 aromatic carbocycles. The van der Waals surface area contributed by atoms with Crippen LogP contribution in [-0.2, 0) is 0 Å². The quantitative estimate of drug-likeness (QED) is 0.743. The second-order valence-electron chi connectivity index (χ2n) is 4.73. The number of nitrogens with two attached hydrogens (primary N) is 1. The minimum absolute atomic E-state index is 0.493. The van der Waals surface area contributed by atoms with Gasteiger partial charge in [-0.3, -0.25) is 0 Å². The number of benzene rings is 1. The number of aromatic nitrogens is 2. The number of nitrogens with zero attached hydrogens (tertiary/aromatic N) is 2. The zero-order chi connectivity index (χ0) is 14.2. The molecule has 0 radical (unpaired) electrons. The van der Waals surface area contributed by atoms with Gasteiger partial charge in [-0.05, 0) is 30.7 Å². The average Bonchev–Trinajstić information content (AvgIpc) is 2.90. The molecule has 2 rings (SSSR count). The Morgan fingerprint density at radius 1 is 1.05 bits per heavy atom. The fourth-order valence-corrected chi connectivity index (χ4v) is 2.56. The number of unbranched alkanes of at least 4 members (excludes halogenated alkanes) is 4. The fraction of sp³-hybridized carbons (Fsp3) is 0.467. The maximum Gasteiger partial charge on any atom is 0.203 e. The Balaban J connectivity index is 1.77.